The van der Waals surface area contributed by atoms with Crippen molar-refractivity contribution in [3.05, 3.63) is 52.8 Å². The van der Waals surface area contributed by atoms with Gasteiger partial charge in [0.05, 0.1) is 17.3 Å². The van der Waals surface area contributed by atoms with Crippen molar-refractivity contribution >= 4 is 18.3 Å². The molecule has 6 nitrogen and oxygen atoms in total. The van der Waals surface area contributed by atoms with Gasteiger partial charge in [0.15, 0.2) is 0 Å². The minimum absolute atomic E-state index is 0. The molecule has 1 aliphatic heterocycles. The second-order valence-corrected chi connectivity index (χ2v) is 7.02. The van der Waals surface area contributed by atoms with Crippen LogP contribution in [0.3, 0.4) is 0 Å². The van der Waals surface area contributed by atoms with Crippen molar-refractivity contribution in [3.8, 4) is 0 Å². The zero-order chi connectivity index (χ0) is 18.7. The molecule has 1 aliphatic rings. The van der Waals surface area contributed by atoms with Gasteiger partial charge in [0.25, 0.3) is 0 Å². The quantitative estimate of drug-likeness (QED) is 0.725. The molecule has 1 saturated heterocycles. The summed E-state index contributed by atoms with van der Waals surface area (Å²) in [6.45, 7) is 7.42. The van der Waals surface area contributed by atoms with E-state index in [0.717, 1.165) is 29.9 Å². The number of carbonyl (C=O) groups is 1. The first-order chi connectivity index (χ1) is 12.5. The maximum Gasteiger partial charge on any atom is 0.242 e. The Balaban J connectivity index is 0.00000261. The predicted molar refractivity (Wildman–Crippen MR) is 108 cm³/mol. The van der Waals surface area contributed by atoms with E-state index in [2.05, 4.69) is 22.7 Å². The van der Waals surface area contributed by atoms with E-state index in [9.17, 15) is 9.90 Å². The van der Waals surface area contributed by atoms with E-state index in [0.29, 0.717) is 13.0 Å². The molecule has 1 amide bonds. The number of hydrogen-bond acceptors (Lipinski definition) is 4. The van der Waals surface area contributed by atoms with E-state index in [1.807, 2.05) is 44.2 Å². The van der Waals surface area contributed by atoms with Crippen molar-refractivity contribution in [3.63, 3.8) is 0 Å². The van der Waals surface area contributed by atoms with Gasteiger partial charge in [0, 0.05) is 12.2 Å². The van der Waals surface area contributed by atoms with Gasteiger partial charge in [0.1, 0.15) is 6.54 Å². The van der Waals surface area contributed by atoms with Crippen LogP contribution in [0.5, 0.6) is 0 Å². The standard InChI is InChI=1S/C20H28N4O2.ClH/c1-4-17-14(2)23-24(15(17)3)13-19(26)22-20(10-11-21-12-18(20)25)16-8-6-5-7-9-16;/h5-9,18,21,25H,4,10-13H2,1-3H3,(H,22,26);1H/t18-,20+;/m1./s1. The molecule has 0 bridgehead atoms. The van der Waals surface area contributed by atoms with Crippen molar-refractivity contribution in [1.82, 2.24) is 20.4 Å². The van der Waals surface area contributed by atoms with Crippen LogP contribution in [-0.2, 0) is 23.3 Å². The SMILES string of the molecule is CCc1c(C)nn(CC(=O)N[C@]2(c3ccccc3)CCNC[C@H]2O)c1C.Cl. The molecule has 3 rings (SSSR count). The topological polar surface area (TPSA) is 79.2 Å². The van der Waals surface area contributed by atoms with Crippen LogP contribution in [-0.4, -0.2) is 40.0 Å². The van der Waals surface area contributed by atoms with Gasteiger partial charge in [-0.2, -0.15) is 5.10 Å². The van der Waals surface area contributed by atoms with Gasteiger partial charge >= 0.3 is 0 Å². The molecule has 0 radical (unpaired) electrons. The lowest BCUT2D eigenvalue weighted by atomic mass is 9.79. The van der Waals surface area contributed by atoms with E-state index >= 15 is 0 Å². The molecular formula is C20H29ClN4O2. The molecule has 1 fully saturated rings. The average molecular weight is 393 g/mol. The molecule has 148 valence electrons. The monoisotopic (exact) mass is 392 g/mol. The number of aromatic nitrogens is 2. The molecular weight excluding hydrogens is 364 g/mol. The van der Waals surface area contributed by atoms with Crippen molar-refractivity contribution in [1.29, 1.82) is 0 Å². The first-order valence-corrected chi connectivity index (χ1v) is 9.26. The van der Waals surface area contributed by atoms with Crippen LogP contribution in [0.4, 0.5) is 0 Å². The Morgan fingerprint density at radius 1 is 1.37 bits per heavy atom. The third kappa shape index (κ3) is 4.18. The number of aryl methyl sites for hydroxylation is 1. The van der Waals surface area contributed by atoms with Crippen LogP contribution in [0.15, 0.2) is 30.3 Å². The highest BCUT2D eigenvalue weighted by Crippen LogP contribution is 2.31. The first kappa shape index (κ1) is 21.4. The van der Waals surface area contributed by atoms with Gasteiger partial charge in [-0.1, -0.05) is 37.3 Å². The third-order valence-corrected chi connectivity index (χ3v) is 5.43. The van der Waals surface area contributed by atoms with Crippen LogP contribution in [0, 0.1) is 13.8 Å². The van der Waals surface area contributed by atoms with Crippen LogP contribution >= 0.6 is 12.4 Å². The molecule has 0 unspecified atom stereocenters. The average Bonchev–Trinajstić information content (AvgIpc) is 2.90. The molecule has 0 spiro atoms. The van der Waals surface area contributed by atoms with Gasteiger partial charge in [-0.05, 0) is 44.4 Å². The van der Waals surface area contributed by atoms with Gasteiger partial charge < -0.3 is 15.7 Å². The molecule has 2 aromatic rings. The number of rotatable bonds is 5. The Labute approximate surface area is 166 Å². The van der Waals surface area contributed by atoms with Crippen molar-refractivity contribution in [2.24, 2.45) is 0 Å². The number of hydrogen-bond donors (Lipinski definition) is 3. The normalized spacial score (nSPS) is 22.1. The molecule has 2 heterocycles. The van der Waals surface area contributed by atoms with Crippen LogP contribution in [0.2, 0.25) is 0 Å². The van der Waals surface area contributed by atoms with E-state index < -0.39 is 11.6 Å². The smallest absolute Gasteiger partial charge is 0.242 e. The highest BCUT2D eigenvalue weighted by molar-refractivity contribution is 5.85. The minimum Gasteiger partial charge on any atom is -0.389 e. The van der Waals surface area contributed by atoms with Crippen molar-refractivity contribution < 1.29 is 9.90 Å². The largest absolute Gasteiger partial charge is 0.389 e. The van der Waals surface area contributed by atoms with E-state index in [1.54, 1.807) is 4.68 Å². The molecule has 1 aromatic carbocycles. The summed E-state index contributed by atoms with van der Waals surface area (Å²) >= 11 is 0. The summed E-state index contributed by atoms with van der Waals surface area (Å²) in [5.41, 5.74) is 3.35. The zero-order valence-corrected chi connectivity index (χ0v) is 17.0. The Morgan fingerprint density at radius 3 is 2.67 bits per heavy atom. The van der Waals surface area contributed by atoms with E-state index in [4.69, 9.17) is 0 Å². The first-order valence-electron chi connectivity index (χ1n) is 9.26. The van der Waals surface area contributed by atoms with Crippen LogP contribution < -0.4 is 10.6 Å². The minimum atomic E-state index is -0.771. The van der Waals surface area contributed by atoms with Gasteiger partial charge in [-0.25, -0.2) is 0 Å². The predicted octanol–water partition coefficient (Wildman–Crippen LogP) is 1.85. The lowest BCUT2D eigenvalue weighted by Gasteiger charge is -2.43. The third-order valence-electron chi connectivity index (χ3n) is 5.43. The fraction of sp³-hybridized carbons (Fsp3) is 0.500. The molecule has 1 aromatic heterocycles. The summed E-state index contributed by atoms with van der Waals surface area (Å²) in [7, 11) is 0. The molecule has 0 saturated carbocycles. The maximum atomic E-state index is 12.9. The number of aliphatic hydroxyl groups is 1. The van der Waals surface area contributed by atoms with E-state index in [1.165, 1.54) is 5.56 Å². The summed E-state index contributed by atoms with van der Waals surface area (Å²) in [5, 5.41) is 21.6. The Bertz CT molecular complexity index is 778. The number of nitrogens with one attached hydrogen (secondary N) is 2. The maximum absolute atomic E-state index is 12.9. The summed E-state index contributed by atoms with van der Waals surface area (Å²) in [6.07, 6.45) is 0.855. The van der Waals surface area contributed by atoms with Gasteiger partial charge in [0.2, 0.25) is 5.91 Å². The Hall–Kier alpha value is -1.89. The Kier molecular flexibility index (Phi) is 7.03. The number of piperidine rings is 1. The molecule has 7 heteroatoms. The second kappa shape index (κ2) is 8.87. The van der Waals surface area contributed by atoms with Crippen molar-refractivity contribution in [2.45, 2.75) is 51.8 Å². The van der Waals surface area contributed by atoms with Crippen molar-refractivity contribution in [2.75, 3.05) is 13.1 Å². The molecule has 2 atom stereocenters. The lowest BCUT2D eigenvalue weighted by Crippen LogP contribution is -2.61. The fourth-order valence-electron chi connectivity index (χ4n) is 3.98. The summed E-state index contributed by atoms with van der Waals surface area (Å²) in [6, 6.07) is 9.74. The molecule has 3 N–H and O–H groups in total. The highest BCUT2D eigenvalue weighted by atomic mass is 35.5. The van der Waals surface area contributed by atoms with Gasteiger partial charge in [-0.15, -0.1) is 12.4 Å². The summed E-state index contributed by atoms with van der Waals surface area (Å²) in [5.74, 6) is -0.136. The number of carbonyl (C=O) groups excluding carboxylic acids is 1. The second-order valence-electron chi connectivity index (χ2n) is 7.02. The number of benzene rings is 1. The number of halogens is 1. The van der Waals surface area contributed by atoms with Gasteiger partial charge in [-0.3, -0.25) is 9.48 Å². The highest BCUT2D eigenvalue weighted by Gasteiger charge is 2.42. The number of aliphatic hydroxyl groups excluding tert-OH is 1. The number of amides is 1. The number of β-amino-alcohol motifs (C(OH)–C–C–N with tert-alkyl or cyclic N) is 1. The van der Waals surface area contributed by atoms with E-state index in [-0.39, 0.29) is 24.9 Å². The summed E-state index contributed by atoms with van der Waals surface area (Å²) < 4.78 is 1.76. The molecule has 27 heavy (non-hydrogen) atoms. The van der Waals surface area contributed by atoms with Crippen LogP contribution in [0.25, 0.3) is 0 Å². The summed E-state index contributed by atoms with van der Waals surface area (Å²) in [4.78, 5) is 12.9. The lowest BCUT2D eigenvalue weighted by molar-refractivity contribution is -0.126. The zero-order valence-electron chi connectivity index (χ0n) is 16.2. The fourth-order valence-corrected chi connectivity index (χ4v) is 3.98. The molecule has 0 aliphatic carbocycles. The Morgan fingerprint density at radius 2 is 2.07 bits per heavy atom. The number of nitrogens with zero attached hydrogens (tertiary/aromatic N) is 2. The van der Waals surface area contributed by atoms with Crippen LogP contribution in [0.1, 0.15) is 35.9 Å².